The summed E-state index contributed by atoms with van der Waals surface area (Å²) in [5.74, 6) is 1.64. The topological polar surface area (TPSA) is 34.1 Å². The second kappa shape index (κ2) is 7.15. The average molecular weight is 291 g/mol. The van der Waals surface area contributed by atoms with Crippen LogP contribution in [0, 0.1) is 0 Å². The van der Waals surface area contributed by atoms with Crippen LogP contribution in [-0.4, -0.2) is 11.5 Å². The van der Waals surface area contributed by atoms with Crippen molar-refractivity contribution in [3.63, 3.8) is 0 Å². The van der Waals surface area contributed by atoms with E-state index in [9.17, 15) is 0 Å². The standard InChI is InChI=1S/C16H19ClN2O/c1-3-12-5-7-13(8-6-12)20-11-15-14(17)9-10-16(19-15)18-4-2/h5-10H,3-4,11H2,1-2H3,(H,18,19). The molecule has 1 N–H and O–H groups in total. The van der Waals surface area contributed by atoms with Crippen LogP contribution in [0.25, 0.3) is 0 Å². The number of rotatable bonds is 6. The number of hydrogen-bond acceptors (Lipinski definition) is 3. The Kier molecular flexibility index (Phi) is 5.24. The van der Waals surface area contributed by atoms with Gasteiger partial charge in [-0.1, -0.05) is 30.7 Å². The van der Waals surface area contributed by atoms with Crippen LogP contribution >= 0.6 is 11.6 Å². The molecule has 0 fully saturated rings. The lowest BCUT2D eigenvalue weighted by atomic mass is 10.2. The molecule has 0 aliphatic rings. The molecule has 2 aromatic rings. The zero-order valence-electron chi connectivity index (χ0n) is 11.8. The number of aryl methyl sites for hydroxylation is 1. The molecule has 3 nitrogen and oxygen atoms in total. The highest BCUT2D eigenvalue weighted by molar-refractivity contribution is 6.31. The van der Waals surface area contributed by atoms with E-state index in [1.54, 1.807) is 0 Å². The van der Waals surface area contributed by atoms with E-state index in [-0.39, 0.29) is 0 Å². The summed E-state index contributed by atoms with van der Waals surface area (Å²) in [5, 5.41) is 3.79. The van der Waals surface area contributed by atoms with E-state index in [0.717, 1.165) is 30.2 Å². The molecule has 0 atom stereocenters. The first-order valence-corrected chi connectivity index (χ1v) is 7.21. The van der Waals surface area contributed by atoms with Gasteiger partial charge < -0.3 is 10.1 Å². The monoisotopic (exact) mass is 290 g/mol. The highest BCUT2D eigenvalue weighted by atomic mass is 35.5. The summed E-state index contributed by atoms with van der Waals surface area (Å²) in [6.07, 6.45) is 1.03. The molecule has 20 heavy (non-hydrogen) atoms. The molecule has 1 heterocycles. The molecule has 0 aliphatic heterocycles. The molecule has 0 spiro atoms. The SMILES string of the molecule is CCNc1ccc(Cl)c(COc2ccc(CC)cc2)n1. The summed E-state index contributed by atoms with van der Waals surface area (Å²) in [5.41, 5.74) is 2.03. The molecule has 0 saturated heterocycles. The molecule has 4 heteroatoms. The van der Waals surface area contributed by atoms with Gasteiger partial charge in [-0.05, 0) is 43.2 Å². The Labute approximate surface area is 124 Å². The molecule has 1 aromatic carbocycles. The highest BCUT2D eigenvalue weighted by Gasteiger charge is 2.05. The second-order valence-electron chi connectivity index (χ2n) is 4.44. The summed E-state index contributed by atoms with van der Waals surface area (Å²) in [7, 11) is 0. The third-order valence-corrected chi connectivity index (χ3v) is 3.33. The van der Waals surface area contributed by atoms with Gasteiger partial charge in [0.05, 0.1) is 10.7 Å². The van der Waals surface area contributed by atoms with Crippen molar-refractivity contribution in [3.05, 3.63) is 52.7 Å². The fourth-order valence-electron chi connectivity index (χ4n) is 1.84. The van der Waals surface area contributed by atoms with Crippen molar-refractivity contribution < 1.29 is 4.74 Å². The summed E-state index contributed by atoms with van der Waals surface area (Å²) < 4.78 is 5.73. The van der Waals surface area contributed by atoms with Crippen molar-refractivity contribution in [3.8, 4) is 5.75 Å². The van der Waals surface area contributed by atoms with Crippen LogP contribution < -0.4 is 10.1 Å². The van der Waals surface area contributed by atoms with E-state index < -0.39 is 0 Å². The molecule has 1 aromatic heterocycles. The van der Waals surface area contributed by atoms with Crippen LogP contribution in [-0.2, 0) is 13.0 Å². The number of benzene rings is 1. The Hall–Kier alpha value is -1.74. The number of aromatic nitrogens is 1. The molecule has 2 rings (SSSR count). The summed E-state index contributed by atoms with van der Waals surface area (Å²) >= 11 is 6.14. The zero-order valence-corrected chi connectivity index (χ0v) is 12.6. The number of nitrogens with one attached hydrogen (secondary N) is 1. The third-order valence-electron chi connectivity index (χ3n) is 2.98. The van der Waals surface area contributed by atoms with Gasteiger partial charge >= 0.3 is 0 Å². The summed E-state index contributed by atoms with van der Waals surface area (Å²) in [6.45, 7) is 5.35. The first kappa shape index (κ1) is 14.7. The first-order chi connectivity index (χ1) is 9.72. The molecular formula is C16H19ClN2O. The van der Waals surface area contributed by atoms with Gasteiger partial charge in [0.2, 0.25) is 0 Å². The summed E-state index contributed by atoms with van der Waals surface area (Å²) in [4.78, 5) is 4.44. The normalized spacial score (nSPS) is 10.3. The molecular weight excluding hydrogens is 272 g/mol. The maximum Gasteiger partial charge on any atom is 0.132 e. The minimum absolute atomic E-state index is 0.365. The number of nitrogens with zero attached hydrogens (tertiary/aromatic N) is 1. The lowest BCUT2D eigenvalue weighted by Crippen LogP contribution is -2.04. The molecule has 0 unspecified atom stereocenters. The fourth-order valence-corrected chi connectivity index (χ4v) is 2.00. The van der Waals surface area contributed by atoms with Crippen molar-refractivity contribution in [2.24, 2.45) is 0 Å². The van der Waals surface area contributed by atoms with E-state index in [4.69, 9.17) is 16.3 Å². The van der Waals surface area contributed by atoms with Gasteiger partial charge in [-0.2, -0.15) is 0 Å². The lowest BCUT2D eigenvalue weighted by Gasteiger charge is -2.10. The van der Waals surface area contributed by atoms with Crippen molar-refractivity contribution >= 4 is 17.4 Å². The van der Waals surface area contributed by atoms with E-state index in [1.165, 1.54) is 5.56 Å². The van der Waals surface area contributed by atoms with Crippen LogP contribution in [0.1, 0.15) is 25.1 Å². The average Bonchev–Trinajstić information content (AvgIpc) is 2.48. The quantitative estimate of drug-likeness (QED) is 0.861. The maximum absolute atomic E-state index is 6.14. The predicted octanol–water partition coefficient (Wildman–Crippen LogP) is 4.31. The van der Waals surface area contributed by atoms with Gasteiger partial charge in [0.1, 0.15) is 18.2 Å². The third kappa shape index (κ3) is 3.87. The van der Waals surface area contributed by atoms with Crippen LogP contribution in [0.3, 0.4) is 0 Å². The van der Waals surface area contributed by atoms with Crippen molar-refractivity contribution in [1.29, 1.82) is 0 Å². The Morgan fingerprint density at radius 1 is 1.10 bits per heavy atom. The van der Waals surface area contributed by atoms with E-state index in [1.807, 2.05) is 31.2 Å². The maximum atomic E-state index is 6.14. The zero-order chi connectivity index (χ0) is 14.4. The Bertz CT molecular complexity index is 555. The lowest BCUT2D eigenvalue weighted by molar-refractivity contribution is 0.301. The number of pyridine rings is 1. The van der Waals surface area contributed by atoms with Crippen molar-refractivity contribution in [2.75, 3.05) is 11.9 Å². The van der Waals surface area contributed by atoms with Gasteiger partial charge in [-0.15, -0.1) is 0 Å². The Morgan fingerprint density at radius 2 is 1.85 bits per heavy atom. The molecule has 0 amide bonds. The van der Waals surface area contributed by atoms with Crippen molar-refractivity contribution in [2.45, 2.75) is 26.9 Å². The van der Waals surface area contributed by atoms with Gasteiger partial charge in [0, 0.05) is 6.54 Å². The second-order valence-corrected chi connectivity index (χ2v) is 4.85. The molecule has 0 radical (unpaired) electrons. The van der Waals surface area contributed by atoms with Crippen LogP contribution in [0.15, 0.2) is 36.4 Å². The highest BCUT2D eigenvalue weighted by Crippen LogP contribution is 2.20. The van der Waals surface area contributed by atoms with Gasteiger partial charge in [-0.3, -0.25) is 0 Å². The number of anilines is 1. The Balaban J connectivity index is 2.03. The van der Waals surface area contributed by atoms with Gasteiger partial charge in [0.25, 0.3) is 0 Å². The van der Waals surface area contributed by atoms with E-state index in [2.05, 4.69) is 29.4 Å². The van der Waals surface area contributed by atoms with E-state index >= 15 is 0 Å². The first-order valence-electron chi connectivity index (χ1n) is 6.84. The van der Waals surface area contributed by atoms with Gasteiger partial charge in [-0.25, -0.2) is 4.98 Å². The molecule has 106 valence electrons. The summed E-state index contributed by atoms with van der Waals surface area (Å²) in [6, 6.07) is 11.8. The molecule has 0 aliphatic carbocycles. The predicted molar refractivity (Wildman–Crippen MR) is 83.6 cm³/mol. The molecule has 0 saturated carbocycles. The number of ether oxygens (including phenoxy) is 1. The van der Waals surface area contributed by atoms with Crippen LogP contribution in [0.5, 0.6) is 5.75 Å². The van der Waals surface area contributed by atoms with Gasteiger partial charge in [0.15, 0.2) is 0 Å². The fraction of sp³-hybridized carbons (Fsp3) is 0.312. The smallest absolute Gasteiger partial charge is 0.132 e. The van der Waals surface area contributed by atoms with Crippen molar-refractivity contribution in [1.82, 2.24) is 4.98 Å². The Morgan fingerprint density at radius 3 is 2.50 bits per heavy atom. The van der Waals surface area contributed by atoms with E-state index in [0.29, 0.717) is 11.6 Å². The molecule has 0 bridgehead atoms. The minimum Gasteiger partial charge on any atom is -0.487 e. The number of hydrogen-bond donors (Lipinski definition) is 1. The van der Waals surface area contributed by atoms with Crippen LogP contribution in [0.2, 0.25) is 5.02 Å². The minimum atomic E-state index is 0.365. The van der Waals surface area contributed by atoms with Crippen LogP contribution in [0.4, 0.5) is 5.82 Å². The largest absolute Gasteiger partial charge is 0.487 e. The number of halogens is 1.